The van der Waals surface area contributed by atoms with Crippen LogP contribution in [0.2, 0.25) is 0 Å². The Balaban J connectivity index is 2.11. The van der Waals surface area contributed by atoms with Gasteiger partial charge in [0.2, 0.25) is 5.78 Å². The molecule has 1 aliphatic carbocycles. The molecule has 11 nitrogen and oxygen atoms in total. The summed E-state index contributed by atoms with van der Waals surface area (Å²) in [7, 11) is 0. The maximum atomic E-state index is 12.8. The highest BCUT2D eigenvalue weighted by molar-refractivity contribution is 9.12. The Hall–Kier alpha value is -3.38. The lowest BCUT2D eigenvalue weighted by molar-refractivity contribution is -0.216. The van der Waals surface area contributed by atoms with Crippen LogP contribution < -0.4 is 4.74 Å². The third kappa shape index (κ3) is 6.05. The highest BCUT2D eigenvalue weighted by Crippen LogP contribution is 2.43. The third-order valence-electron chi connectivity index (χ3n) is 5.34. The molecular weight excluding hydrogens is 544 g/mol. The standard InChI is InChI=1S/C24H23BrO11/c1-10(26)32-9-20-24(35-13(4)29)19(33-11(2)27)8-18(36-20)14-5-6-15-21(23(14)34-12(3)28)17(30)7-16(25)22(15)31/h5-7,18-20,24H,8-9H2,1-4H3/t18-,19-,20-,24+/m1/s1. The summed E-state index contributed by atoms with van der Waals surface area (Å²) in [5, 5.41) is 0. The highest BCUT2D eigenvalue weighted by Gasteiger charge is 2.45. The van der Waals surface area contributed by atoms with E-state index in [-0.39, 0.29) is 39.9 Å². The van der Waals surface area contributed by atoms with Gasteiger partial charge >= 0.3 is 23.9 Å². The molecule has 0 unspecified atom stereocenters. The van der Waals surface area contributed by atoms with Gasteiger partial charge in [0, 0.05) is 51.3 Å². The fourth-order valence-corrected chi connectivity index (χ4v) is 4.48. The maximum Gasteiger partial charge on any atom is 0.308 e. The first-order valence-corrected chi connectivity index (χ1v) is 11.6. The van der Waals surface area contributed by atoms with Gasteiger partial charge in [-0.25, -0.2) is 0 Å². The van der Waals surface area contributed by atoms with Crippen LogP contribution in [0.5, 0.6) is 5.75 Å². The Labute approximate surface area is 214 Å². The Bertz CT molecular complexity index is 1170. The molecule has 36 heavy (non-hydrogen) atoms. The summed E-state index contributed by atoms with van der Waals surface area (Å²) >= 11 is 3.06. The zero-order chi connectivity index (χ0) is 26.7. The van der Waals surface area contributed by atoms with Gasteiger partial charge in [-0.05, 0) is 22.0 Å². The summed E-state index contributed by atoms with van der Waals surface area (Å²) in [5.74, 6) is -3.94. The molecule has 4 atom stereocenters. The minimum absolute atomic E-state index is 0.0240. The van der Waals surface area contributed by atoms with E-state index in [1.165, 1.54) is 26.0 Å². The molecule has 0 spiro atoms. The van der Waals surface area contributed by atoms with E-state index in [0.717, 1.165) is 19.9 Å². The van der Waals surface area contributed by atoms with Crippen molar-refractivity contribution in [2.24, 2.45) is 0 Å². The van der Waals surface area contributed by atoms with Crippen LogP contribution in [0.25, 0.3) is 0 Å². The van der Waals surface area contributed by atoms with E-state index in [4.69, 9.17) is 23.7 Å². The van der Waals surface area contributed by atoms with Gasteiger partial charge in [-0.2, -0.15) is 0 Å². The van der Waals surface area contributed by atoms with Crippen LogP contribution in [-0.2, 0) is 38.1 Å². The molecule has 1 saturated heterocycles. The molecule has 12 heteroatoms. The van der Waals surface area contributed by atoms with Gasteiger partial charge in [-0.3, -0.25) is 28.8 Å². The molecule has 0 N–H and O–H groups in total. The van der Waals surface area contributed by atoms with Crippen molar-refractivity contribution in [2.45, 2.75) is 58.5 Å². The molecular formula is C24H23BrO11. The summed E-state index contributed by atoms with van der Waals surface area (Å²) in [6.07, 6.45) is -3.18. The Morgan fingerprint density at radius 2 is 1.64 bits per heavy atom. The maximum absolute atomic E-state index is 12.8. The number of Topliss-reactive ketones (excluding diaryl/α,β-unsaturated/α-hetero) is 1. The third-order valence-corrected chi connectivity index (χ3v) is 5.92. The lowest BCUT2D eigenvalue weighted by Crippen LogP contribution is -2.51. The number of carbonyl (C=O) groups excluding carboxylic acids is 6. The molecule has 1 aromatic carbocycles. The number of hydrogen-bond acceptors (Lipinski definition) is 11. The Morgan fingerprint density at radius 3 is 2.22 bits per heavy atom. The summed E-state index contributed by atoms with van der Waals surface area (Å²) in [6, 6.07) is 2.86. The van der Waals surface area contributed by atoms with Gasteiger partial charge in [0.1, 0.15) is 24.6 Å². The molecule has 0 amide bonds. The summed E-state index contributed by atoms with van der Waals surface area (Å²) in [6.45, 7) is 4.31. The minimum Gasteiger partial charge on any atom is -0.463 e. The first-order chi connectivity index (χ1) is 16.9. The van der Waals surface area contributed by atoms with Crippen molar-refractivity contribution < 1.29 is 52.5 Å². The van der Waals surface area contributed by atoms with Crippen LogP contribution in [0.3, 0.4) is 0 Å². The average Bonchev–Trinajstić information content (AvgIpc) is 2.76. The van der Waals surface area contributed by atoms with Gasteiger partial charge < -0.3 is 23.7 Å². The van der Waals surface area contributed by atoms with E-state index in [9.17, 15) is 28.8 Å². The molecule has 1 fully saturated rings. The zero-order valence-corrected chi connectivity index (χ0v) is 21.4. The summed E-state index contributed by atoms with van der Waals surface area (Å²) < 4.78 is 27.3. The molecule has 0 saturated carbocycles. The molecule has 0 aromatic heterocycles. The highest BCUT2D eigenvalue weighted by atomic mass is 79.9. The van der Waals surface area contributed by atoms with E-state index in [0.29, 0.717) is 0 Å². The molecule has 1 heterocycles. The smallest absolute Gasteiger partial charge is 0.308 e. The minimum atomic E-state index is -1.11. The number of ether oxygens (including phenoxy) is 5. The van der Waals surface area contributed by atoms with Crippen molar-refractivity contribution in [3.63, 3.8) is 0 Å². The number of allylic oxidation sites excluding steroid dienone is 2. The van der Waals surface area contributed by atoms with Crippen LogP contribution in [0.15, 0.2) is 22.7 Å². The predicted molar refractivity (Wildman–Crippen MR) is 123 cm³/mol. The Kier molecular flexibility index (Phi) is 8.41. The average molecular weight is 567 g/mol. The Morgan fingerprint density at radius 1 is 0.972 bits per heavy atom. The van der Waals surface area contributed by atoms with Gasteiger partial charge in [0.25, 0.3) is 0 Å². The van der Waals surface area contributed by atoms with Gasteiger partial charge in [-0.15, -0.1) is 0 Å². The number of halogens is 1. The molecule has 192 valence electrons. The zero-order valence-electron chi connectivity index (χ0n) is 19.8. The van der Waals surface area contributed by atoms with Crippen molar-refractivity contribution in [3.05, 3.63) is 39.4 Å². The van der Waals surface area contributed by atoms with E-state index in [2.05, 4.69) is 15.9 Å². The second-order valence-electron chi connectivity index (χ2n) is 8.11. The largest absolute Gasteiger partial charge is 0.463 e. The topological polar surface area (TPSA) is 149 Å². The van der Waals surface area contributed by atoms with Crippen LogP contribution in [-0.4, -0.2) is 60.4 Å². The predicted octanol–water partition coefficient (Wildman–Crippen LogP) is 2.53. The van der Waals surface area contributed by atoms with Crippen molar-refractivity contribution in [3.8, 4) is 5.75 Å². The fourth-order valence-electron chi connectivity index (χ4n) is 4.06. The van der Waals surface area contributed by atoms with Gasteiger partial charge in [-0.1, -0.05) is 6.07 Å². The molecule has 0 bridgehead atoms. The van der Waals surface area contributed by atoms with Crippen LogP contribution in [0, 0.1) is 0 Å². The first kappa shape index (κ1) is 27.2. The molecule has 2 aliphatic rings. The number of esters is 4. The lowest BCUT2D eigenvalue weighted by atomic mass is 9.87. The van der Waals surface area contributed by atoms with Crippen LogP contribution >= 0.6 is 15.9 Å². The van der Waals surface area contributed by atoms with Crippen LogP contribution in [0.1, 0.15) is 66.5 Å². The summed E-state index contributed by atoms with van der Waals surface area (Å²) in [4.78, 5) is 72.4. The van der Waals surface area contributed by atoms with E-state index in [1.807, 2.05) is 0 Å². The number of fused-ring (bicyclic) bond motifs is 1. The number of ketones is 2. The van der Waals surface area contributed by atoms with Gasteiger partial charge in [0.15, 0.2) is 11.9 Å². The van der Waals surface area contributed by atoms with Crippen LogP contribution in [0.4, 0.5) is 0 Å². The first-order valence-electron chi connectivity index (χ1n) is 10.8. The monoisotopic (exact) mass is 566 g/mol. The van der Waals surface area contributed by atoms with Gasteiger partial charge in [0.05, 0.1) is 16.1 Å². The second kappa shape index (κ2) is 11.1. The molecule has 1 aromatic rings. The normalized spacial score (nSPS) is 23.2. The SMILES string of the molecule is CC(=O)OC[C@H]1O[C@@H](c2ccc3c(c2OC(C)=O)C(=O)C=C(Br)C3=O)C[C@@H](OC(C)=O)[C@@H]1OC(C)=O. The number of benzene rings is 1. The number of carbonyl (C=O) groups is 6. The fraction of sp³-hybridized carbons (Fsp3) is 0.417. The van der Waals surface area contributed by atoms with Crippen molar-refractivity contribution in [2.75, 3.05) is 6.61 Å². The van der Waals surface area contributed by atoms with E-state index < -0.39 is 59.9 Å². The summed E-state index contributed by atoms with van der Waals surface area (Å²) in [5.41, 5.74) is 0.112. The quantitative estimate of drug-likeness (QED) is 0.284. The molecule has 0 radical (unpaired) electrons. The van der Waals surface area contributed by atoms with E-state index >= 15 is 0 Å². The van der Waals surface area contributed by atoms with E-state index in [1.54, 1.807) is 0 Å². The number of hydrogen-bond donors (Lipinski definition) is 0. The molecule has 3 rings (SSSR count). The number of rotatable bonds is 6. The second-order valence-corrected chi connectivity index (χ2v) is 8.96. The lowest BCUT2D eigenvalue weighted by Gasteiger charge is -2.40. The van der Waals surface area contributed by atoms with Crippen molar-refractivity contribution >= 4 is 51.4 Å². The van der Waals surface area contributed by atoms with Crippen molar-refractivity contribution in [1.29, 1.82) is 0 Å². The molecule has 1 aliphatic heterocycles. The van der Waals surface area contributed by atoms with Crippen molar-refractivity contribution in [1.82, 2.24) is 0 Å².